The number of nitriles is 2. The topological polar surface area (TPSA) is 103 Å². The number of aromatic nitrogens is 3. The van der Waals surface area contributed by atoms with Gasteiger partial charge in [-0.3, -0.25) is 4.90 Å². The molecule has 1 aliphatic rings. The fourth-order valence-electron chi connectivity index (χ4n) is 3.06. The monoisotopic (exact) mass is 342 g/mol. The number of pyridine rings is 1. The van der Waals surface area contributed by atoms with Gasteiger partial charge in [-0.15, -0.1) is 0 Å². The summed E-state index contributed by atoms with van der Waals surface area (Å²) < 4.78 is 5.38. The molecule has 1 saturated heterocycles. The number of nitrogens with zero attached hydrogens (tertiary/aromatic N) is 6. The summed E-state index contributed by atoms with van der Waals surface area (Å²) in [6.07, 6.45) is 3.95. The zero-order chi connectivity index (χ0) is 17.9. The third-order valence-electron chi connectivity index (χ3n) is 4.40. The molecular weight excluding hydrogens is 328 g/mol. The van der Waals surface area contributed by atoms with Crippen LogP contribution in [0.3, 0.4) is 0 Å². The van der Waals surface area contributed by atoms with E-state index in [4.69, 9.17) is 9.78 Å². The molecule has 1 aliphatic heterocycles. The molecule has 0 radical (unpaired) electrons. The number of rotatable bonds is 3. The molecule has 4 rings (SSSR count). The Balaban J connectivity index is 1.63. The molecule has 0 aliphatic carbocycles. The quantitative estimate of drug-likeness (QED) is 0.673. The van der Waals surface area contributed by atoms with Gasteiger partial charge in [0.25, 0.3) is 5.89 Å². The molecule has 7 heteroatoms. The van der Waals surface area contributed by atoms with Crippen molar-refractivity contribution < 1.29 is 4.52 Å². The van der Waals surface area contributed by atoms with E-state index in [0.29, 0.717) is 23.0 Å². The molecule has 0 N–H and O–H groups in total. The first-order valence-corrected chi connectivity index (χ1v) is 8.26. The lowest BCUT2D eigenvalue weighted by molar-refractivity contribution is 0.339. The Morgan fingerprint density at radius 3 is 2.62 bits per heavy atom. The Hall–Kier alpha value is -3.71. The van der Waals surface area contributed by atoms with E-state index >= 15 is 0 Å². The average Bonchev–Trinajstić information content (AvgIpc) is 3.37. The Labute approximate surface area is 150 Å². The zero-order valence-electron chi connectivity index (χ0n) is 13.8. The predicted octanol–water partition coefficient (Wildman–Crippen LogP) is 3.29. The van der Waals surface area contributed by atoms with Gasteiger partial charge in [0, 0.05) is 12.1 Å². The van der Waals surface area contributed by atoms with Crippen LogP contribution in [0.2, 0.25) is 0 Å². The summed E-state index contributed by atoms with van der Waals surface area (Å²) in [4.78, 5) is 10.7. The molecule has 0 amide bonds. The zero-order valence-corrected chi connectivity index (χ0v) is 13.8. The molecule has 1 unspecified atom stereocenters. The van der Waals surface area contributed by atoms with Gasteiger partial charge in [0.15, 0.2) is 12.0 Å². The standard InChI is InChI=1S/C19H14N6O/c20-11-13-6-8-14(9-7-13)15-3-1-4-16(22-15)19-23-18(24-26-19)17-5-2-10-25(17)12-21/h1,3-4,6-9,17H,2,5,10H2. The Kier molecular flexibility index (Phi) is 4.04. The summed E-state index contributed by atoms with van der Waals surface area (Å²) >= 11 is 0. The minimum absolute atomic E-state index is 0.126. The van der Waals surface area contributed by atoms with Crippen molar-refractivity contribution in [3.63, 3.8) is 0 Å². The minimum atomic E-state index is -0.126. The summed E-state index contributed by atoms with van der Waals surface area (Å²) in [6.45, 7) is 0.720. The van der Waals surface area contributed by atoms with E-state index in [1.165, 1.54) is 0 Å². The van der Waals surface area contributed by atoms with E-state index in [9.17, 15) is 5.26 Å². The highest BCUT2D eigenvalue weighted by Gasteiger charge is 2.29. The van der Waals surface area contributed by atoms with Crippen molar-refractivity contribution in [3.8, 4) is 35.1 Å². The van der Waals surface area contributed by atoms with Gasteiger partial charge >= 0.3 is 0 Å². The molecule has 1 atom stereocenters. The maximum absolute atomic E-state index is 9.18. The molecule has 7 nitrogen and oxygen atoms in total. The highest BCUT2D eigenvalue weighted by Crippen LogP contribution is 2.30. The lowest BCUT2D eigenvalue weighted by Crippen LogP contribution is -2.17. The maximum atomic E-state index is 9.18. The van der Waals surface area contributed by atoms with Crippen LogP contribution in [0.4, 0.5) is 0 Å². The van der Waals surface area contributed by atoms with Gasteiger partial charge in [0.05, 0.1) is 17.3 Å². The molecule has 26 heavy (non-hydrogen) atoms. The van der Waals surface area contributed by atoms with Crippen LogP contribution >= 0.6 is 0 Å². The van der Waals surface area contributed by atoms with Gasteiger partial charge < -0.3 is 4.52 Å². The molecule has 0 spiro atoms. The third-order valence-corrected chi connectivity index (χ3v) is 4.40. The van der Waals surface area contributed by atoms with Crippen LogP contribution < -0.4 is 0 Å². The number of hydrogen-bond donors (Lipinski definition) is 0. The van der Waals surface area contributed by atoms with Crippen LogP contribution in [-0.4, -0.2) is 26.6 Å². The van der Waals surface area contributed by atoms with E-state index < -0.39 is 0 Å². The fraction of sp³-hybridized carbons (Fsp3) is 0.211. The summed E-state index contributed by atoms with van der Waals surface area (Å²) in [7, 11) is 0. The summed E-state index contributed by atoms with van der Waals surface area (Å²) in [5.41, 5.74) is 2.83. The highest BCUT2D eigenvalue weighted by atomic mass is 16.5. The van der Waals surface area contributed by atoms with E-state index in [2.05, 4.69) is 27.4 Å². The smallest absolute Gasteiger partial charge is 0.276 e. The summed E-state index contributed by atoms with van der Waals surface area (Å²) in [5.74, 6) is 0.852. The van der Waals surface area contributed by atoms with Gasteiger partial charge in [0.1, 0.15) is 11.7 Å². The van der Waals surface area contributed by atoms with E-state index in [0.717, 1.165) is 30.6 Å². The molecule has 0 bridgehead atoms. The lowest BCUT2D eigenvalue weighted by atomic mass is 10.1. The van der Waals surface area contributed by atoms with Gasteiger partial charge in [-0.1, -0.05) is 23.4 Å². The molecular formula is C19H14N6O. The first-order valence-electron chi connectivity index (χ1n) is 8.26. The van der Waals surface area contributed by atoms with Crippen LogP contribution in [-0.2, 0) is 0 Å². The third kappa shape index (κ3) is 2.87. The van der Waals surface area contributed by atoms with Crippen molar-refractivity contribution >= 4 is 0 Å². The number of likely N-dealkylation sites (tertiary alicyclic amines) is 1. The Morgan fingerprint density at radius 1 is 1.04 bits per heavy atom. The second-order valence-corrected chi connectivity index (χ2v) is 6.01. The first-order chi connectivity index (χ1) is 12.8. The molecule has 3 heterocycles. The van der Waals surface area contributed by atoms with Crippen molar-refractivity contribution in [1.29, 1.82) is 10.5 Å². The number of benzene rings is 1. The molecule has 0 saturated carbocycles. The highest BCUT2D eigenvalue weighted by molar-refractivity contribution is 5.63. The molecule has 126 valence electrons. The Morgan fingerprint density at radius 2 is 1.85 bits per heavy atom. The van der Waals surface area contributed by atoms with E-state index in [1.54, 1.807) is 23.1 Å². The average molecular weight is 342 g/mol. The van der Waals surface area contributed by atoms with Crippen LogP contribution in [0, 0.1) is 22.8 Å². The molecule has 1 fully saturated rings. The summed E-state index contributed by atoms with van der Waals surface area (Å²) in [5, 5.41) is 22.1. The second-order valence-electron chi connectivity index (χ2n) is 6.01. The van der Waals surface area contributed by atoms with Crippen LogP contribution in [0.15, 0.2) is 47.0 Å². The second kappa shape index (κ2) is 6.66. The predicted molar refractivity (Wildman–Crippen MR) is 92.0 cm³/mol. The molecule has 1 aromatic carbocycles. The number of hydrogen-bond acceptors (Lipinski definition) is 7. The van der Waals surface area contributed by atoms with Crippen molar-refractivity contribution in [1.82, 2.24) is 20.0 Å². The van der Waals surface area contributed by atoms with Crippen molar-refractivity contribution in [2.24, 2.45) is 0 Å². The maximum Gasteiger partial charge on any atom is 0.276 e. The lowest BCUT2D eigenvalue weighted by Gasteiger charge is -2.13. The van der Waals surface area contributed by atoms with Crippen molar-refractivity contribution in [3.05, 3.63) is 53.9 Å². The molecule has 3 aromatic rings. The largest absolute Gasteiger partial charge is 0.332 e. The Bertz CT molecular complexity index is 1010. The molecule has 2 aromatic heterocycles. The van der Waals surface area contributed by atoms with E-state index in [1.807, 2.05) is 24.3 Å². The SMILES string of the molecule is N#Cc1ccc(-c2cccc(-c3nc(C4CCCN4C#N)no3)n2)cc1. The summed E-state index contributed by atoms with van der Waals surface area (Å²) in [6, 6.07) is 14.8. The van der Waals surface area contributed by atoms with Gasteiger partial charge in [-0.2, -0.15) is 15.5 Å². The van der Waals surface area contributed by atoms with Crippen molar-refractivity contribution in [2.45, 2.75) is 18.9 Å². The van der Waals surface area contributed by atoms with Crippen molar-refractivity contribution in [2.75, 3.05) is 6.54 Å². The van der Waals surface area contributed by atoms with Crippen LogP contribution in [0.5, 0.6) is 0 Å². The van der Waals surface area contributed by atoms with E-state index in [-0.39, 0.29) is 6.04 Å². The normalized spacial score (nSPS) is 16.2. The van der Waals surface area contributed by atoms with Gasteiger partial charge in [0.2, 0.25) is 0 Å². The van der Waals surface area contributed by atoms with Gasteiger partial charge in [-0.05, 0) is 37.1 Å². The first kappa shape index (κ1) is 15.8. The minimum Gasteiger partial charge on any atom is -0.332 e. The van der Waals surface area contributed by atoms with Crippen LogP contribution in [0.1, 0.15) is 30.3 Å². The fourth-order valence-corrected chi connectivity index (χ4v) is 3.06. The van der Waals surface area contributed by atoms with Gasteiger partial charge in [-0.25, -0.2) is 4.98 Å². The van der Waals surface area contributed by atoms with Crippen LogP contribution in [0.25, 0.3) is 22.8 Å².